The second-order valence-electron chi connectivity index (χ2n) is 5.10. The molecule has 0 saturated heterocycles. The van der Waals surface area contributed by atoms with E-state index < -0.39 is 0 Å². The minimum atomic E-state index is -0.0550. The van der Waals surface area contributed by atoms with Gasteiger partial charge in [-0.1, -0.05) is 51.4 Å². The predicted octanol–water partition coefficient (Wildman–Crippen LogP) is 6.01. The van der Waals surface area contributed by atoms with Crippen LogP contribution in [0.25, 0.3) is 6.08 Å². The molecule has 0 bridgehead atoms. The largest absolute Gasteiger partial charge is 0.496 e. The summed E-state index contributed by atoms with van der Waals surface area (Å²) in [6.07, 6.45) is 1.76. The lowest BCUT2D eigenvalue weighted by Gasteiger charge is -2.05. The van der Waals surface area contributed by atoms with Crippen LogP contribution in [-0.2, 0) is 10.5 Å². The summed E-state index contributed by atoms with van der Waals surface area (Å²) < 4.78 is 7.01. The van der Waals surface area contributed by atoms with Crippen molar-refractivity contribution in [1.82, 2.24) is 0 Å². The number of hydrogen-bond donors (Lipinski definition) is 0. The van der Waals surface area contributed by atoms with Crippen molar-refractivity contribution >= 4 is 66.6 Å². The third kappa shape index (κ3) is 4.91. The molecular weight excluding hydrogens is 442 g/mol. The first-order valence-corrected chi connectivity index (χ1v) is 10.3. The Balaban J connectivity index is 1.76. The number of rotatable bonds is 4. The highest BCUT2D eigenvalue weighted by atomic mass is 79.9. The van der Waals surface area contributed by atoms with Crippen LogP contribution in [0.5, 0.6) is 5.75 Å². The van der Waals surface area contributed by atoms with E-state index in [0.29, 0.717) is 16.5 Å². The Labute approximate surface area is 168 Å². The first-order chi connectivity index (χ1) is 12.0. The zero-order valence-corrected chi connectivity index (χ0v) is 17.1. The van der Waals surface area contributed by atoms with Gasteiger partial charge in [-0.3, -0.25) is 4.79 Å². The van der Waals surface area contributed by atoms with E-state index in [1.807, 2.05) is 42.5 Å². The van der Waals surface area contributed by atoms with Gasteiger partial charge in [0.15, 0.2) is 0 Å². The highest BCUT2D eigenvalue weighted by Gasteiger charge is 2.23. The SMILES string of the molecule is COc1ccc(Br)cc1/C=C1\N=C(SCc2ccc(Cl)cc2)SC1=O. The molecule has 2 aromatic carbocycles. The van der Waals surface area contributed by atoms with E-state index in [0.717, 1.165) is 37.5 Å². The molecule has 7 heteroatoms. The number of aliphatic imine (C=N–C) groups is 1. The average Bonchev–Trinajstić information content (AvgIpc) is 2.94. The molecule has 2 aromatic rings. The van der Waals surface area contributed by atoms with Crippen molar-refractivity contribution in [2.45, 2.75) is 5.75 Å². The standard InChI is InChI=1S/C18H13BrClNO2S2/c1-23-16-7-4-13(19)8-12(16)9-15-17(22)25-18(21-15)24-10-11-2-5-14(20)6-3-11/h2-9H,10H2,1H3/b15-9-. The molecule has 0 spiro atoms. The van der Waals surface area contributed by atoms with E-state index in [-0.39, 0.29) is 5.12 Å². The van der Waals surface area contributed by atoms with Crippen molar-refractivity contribution in [2.24, 2.45) is 4.99 Å². The molecule has 0 aromatic heterocycles. The lowest BCUT2D eigenvalue weighted by Crippen LogP contribution is -1.91. The zero-order valence-electron chi connectivity index (χ0n) is 13.2. The summed E-state index contributed by atoms with van der Waals surface area (Å²) in [4.78, 5) is 16.7. The minimum absolute atomic E-state index is 0.0550. The van der Waals surface area contributed by atoms with Gasteiger partial charge in [0.2, 0.25) is 5.12 Å². The van der Waals surface area contributed by atoms with Gasteiger partial charge in [0.05, 0.1) is 7.11 Å². The number of carbonyl (C=O) groups is 1. The number of thioether (sulfide) groups is 2. The molecule has 0 amide bonds. The van der Waals surface area contributed by atoms with E-state index in [1.54, 1.807) is 24.9 Å². The van der Waals surface area contributed by atoms with Gasteiger partial charge in [0.1, 0.15) is 15.8 Å². The maximum absolute atomic E-state index is 12.2. The Kier molecular flexibility index (Phi) is 6.28. The van der Waals surface area contributed by atoms with E-state index in [9.17, 15) is 4.79 Å². The third-order valence-corrected chi connectivity index (χ3v) is 6.19. The molecule has 0 N–H and O–H groups in total. The van der Waals surface area contributed by atoms with Crippen LogP contribution in [0, 0.1) is 0 Å². The quantitative estimate of drug-likeness (QED) is 0.530. The van der Waals surface area contributed by atoms with Crippen LogP contribution >= 0.6 is 51.1 Å². The Morgan fingerprint density at radius 1 is 1.28 bits per heavy atom. The summed E-state index contributed by atoms with van der Waals surface area (Å²) >= 11 is 12.0. The predicted molar refractivity (Wildman–Crippen MR) is 111 cm³/mol. The monoisotopic (exact) mass is 453 g/mol. The Hall–Kier alpha value is -1.21. The highest BCUT2D eigenvalue weighted by Crippen LogP contribution is 2.34. The number of ether oxygens (including phenoxy) is 1. The first-order valence-electron chi connectivity index (χ1n) is 7.28. The maximum atomic E-state index is 12.2. The van der Waals surface area contributed by atoms with Crippen molar-refractivity contribution in [3.63, 3.8) is 0 Å². The van der Waals surface area contributed by atoms with Crippen molar-refractivity contribution in [3.05, 3.63) is 68.8 Å². The average molecular weight is 455 g/mol. The summed E-state index contributed by atoms with van der Waals surface area (Å²) in [5, 5.41) is 0.658. The van der Waals surface area contributed by atoms with E-state index >= 15 is 0 Å². The maximum Gasteiger partial charge on any atom is 0.244 e. The highest BCUT2D eigenvalue weighted by molar-refractivity contribution is 9.10. The van der Waals surface area contributed by atoms with Crippen LogP contribution in [0.15, 0.2) is 57.6 Å². The van der Waals surface area contributed by atoms with Crippen LogP contribution in [0.2, 0.25) is 5.02 Å². The number of carbonyl (C=O) groups excluding carboxylic acids is 1. The Morgan fingerprint density at radius 3 is 2.76 bits per heavy atom. The second-order valence-corrected chi connectivity index (χ2v) is 8.63. The molecule has 0 fully saturated rings. The fraction of sp³-hybridized carbons (Fsp3) is 0.111. The van der Waals surface area contributed by atoms with Gasteiger partial charge in [0, 0.05) is 20.8 Å². The van der Waals surface area contributed by atoms with Gasteiger partial charge in [-0.05, 0) is 53.7 Å². The first kappa shape index (κ1) is 18.6. The van der Waals surface area contributed by atoms with Gasteiger partial charge >= 0.3 is 0 Å². The molecule has 0 atom stereocenters. The Bertz CT molecular complexity index is 866. The zero-order chi connectivity index (χ0) is 17.8. The van der Waals surface area contributed by atoms with Crippen LogP contribution in [0.4, 0.5) is 0 Å². The van der Waals surface area contributed by atoms with Crippen LogP contribution in [0.1, 0.15) is 11.1 Å². The van der Waals surface area contributed by atoms with E-state index in [4.69, 9.17) is 16.3 Å². The molecule has 128 valence electrons. The second kappa shape index (κ2) is 8.45. The molecule has 0 saturated carbocycles. The fourth-order valence-electron chi connectivity index (χ4n) is 2.14. The molecule has 1 aliphatic heterocycles. The van der Waals surface area contributed by atoms with Gasteiger partial charge in [-0.2, -0.15) is 0 Å². The van der Waals surface area contributed by atoms with Crippen LogP contribution in [-0.4, -0.2) is 16.6 Å². The van der Waals surface area contributed by atoms with Gasteiger partial charge in [-0.15, -0.1) is 0 Å². The van der Waals surface area contributed by atoms with Gasteiger partial charge in [-0.25, -0.2) is 4.99 Å². The molecule has 3 nitrogen and oxygen atoms in total. The third-order valence-electron chi connectivity index (χ3n) is 3.36. The van der Waals surface area contributed by atoms with Crippen molar-refractivity contribution < 1.29 is 9.53 Å². The molecule has 25 heavy (non-hydrogen) atoms. The number of halogens is 2. The smallest absolute Gasteiger partial charge is 0.244 e. The Morgan fingerprint density at radius 2 is 2.04 bits per heavy atom. The van der Waals surface area contributed by atoms with E-state index in [1.165, 1.54) is 0 Å². The molecular formula is C18H13BrClNO2S2. The van der Waals surface area contributed by atoms with Crippen molar-refractivity contribution in [3.8, 4) is 5.75 Å². The van der Waals surface area contributed by atoms with Gasteiger partial charge < -0.3 is 4.74 Å². The molecule has 0 radical (unpaired) electrons. The lowest BCUT2D eigenvalue weighted by molar-refractivity contribution is -0.107. The summed E-state index contributed by atoms with van der Waals surface area (Å²) in [6, 6.07) is 13.3. The van der Waals surface area contributed by atoms with Gasteiger partial charge in [0.25, 0.3) is 0 Å². The molecule has 1 heterocycles. The molecule has 0 aliphatic carbocycles. The molecule has 3 rings (SSSR count). The number of methoxy groups -OCH3 is 1. The lowest BCUT2D eigenvalue weighted by atomic mass is 10.1. The minimum Gasteiger partial charge on any atom is -0.496 e. The number of nitrogens with zero attached hydrogens (tertiary/aromatic N) is 1. The summed E-state index contributed by atoms with van der Waals surface area (Å²) in [7, 11) is 1.60. The normalized spacial score (nSPS) is 15.6. The van der Waals surface area contributed by atoms with E-state index in [2.05, 4.69) is 20.9 Å². The van der Waals surface area contributed by atoms with Crippen LogP contribution in [0.3, 0.4) is 0 Å². The van der Waals surface area contributed by atoms with Crippen molar-refractivity contribution in [2.75, 3.05) is 7.11 Å². The molecule has 1 aliphatic rings. The molecule has 0 unspecified atom stereocenters. The fourth-order valence-corrected chi connectivity index (χ4v) is 4.44. The number of benzene rings is 2. The number of hydrogen-bond acceptors (Lipinski definition) is 5. The summed E-state index contributed by atoms with van der Waals surface area (Å²) in [6.45, 7) is 0. The topological polar surface area (TPSA) is 38.7 Å². The van der Waals surface area contributed by atoms with Crippen LogP contribution < -0.4 is 4.74 Å². The summed E-state index contributed by atoms with van der Waals surface area (Å²) in [5.74, 6) is 1.44. The van der Waals surface area contributed by atoms with Crippen molar-refractivity contribution in [1.29, 1.82) is 0 Å². The summed E-state index contributed by atoms with van der Waals surface area (Å²) in [5.41, 5.74) is 2.38.